The Morgan fingerprint density at radius 3 is 2.50 bits per heavy atom. The molecule has 0 spiro atoms. The van der Waals surface area contributed by atoms with Gasteiger partial charge in [-0.1, -0.05) is 23.2 Å². The van der Waals surface area contributed by atoms with Gasteiger partial charge in [-0.2, -0.15) is 4.98 Å². The highest BCUT2D eigenvalue weighted by atomic mass is 35.5. The number of halogens is 2. The van der Waals surface area contributed by atoms with E-state index in [9.17, 15) is 14.4 Å². The van der Waals surface area contributed by atoms with Crippen molar-refractivity contribution in [1.29, 1.82) is 0 Å². The maximum absolute atomic E-state index is 13.2. The Morgan fingerprint density at radius 2 is 1.83 bits per heavy atom. The molecule has 3 aromatic heterocycles. The molecule has 14 heteroatoms. The number of aryl methyl sites for hydroxylation is 1. The summed E-state index contributed by atoms with van der Waals surface area (Å²) in [6, 6.07) is 4.95. The van der Waals surface area contributed by atoms with E-state index in [1.54, 1.807) is 29.8 Å². The van der Waals surface area contributed by atoms with Gasteiger partial charge in [0.05, 0.1) is 10.0 Å². The highest BCUT2D eigenvalue weighted by Gasteiger charge is 2.29. The van der Waals surface area contributed by atoms with Gasteiger partial charge in [0.1, 0.15) is 6.54 Å². The molecule has 0 aliphatic carbocycles. The topological polar surface area (TPSA) is 147 Å². The molecule has 188 valence electrons. The van der Waals surface area contributed by atoms with Crippen LogP contribution in [0.5, 0.6) is 0 Å². The Kier molecular flexibility index (Phi) is 6.08. The Labute approximate surface area is 213 Å². The van der Waals surface area contributed by atoms with E-state index < -0.39 is 11.2 Å². The number of nitrogens with two attached hydrogens (primary N) is 1. The number of carbonyl (C=O) groups excluding carboxylic acids is 1. The van der Waals surface area contributed by atoms with E-state index >= 15 is 0 Å². The Morgan fingerprint density at radius 1 is 1.11 bits per heavy atom. The SMILES string of the molecule is Cn1c(=O)c2c(nc(N3CCC(C(N)=O)CC3)n2Cc2nnc(-c3ccc(Cl)c(Cl)c3)o2)n(C)c1=O. The first-order valence-electron chi connectivity index (χ1n) is 11.1. The van der Waals surface area contributed by atoms with Gasteiger partial charge >= 0.3 is 5.69 Å². The zero-order valence-electron chi connectivity index (χ0n) is 19.4. The Hall–Kier alpha value is -3.64. The van der Waals surface area contributed by atoms with Gasteiger partial charge in [-0.3, -0.25) is 23.3 Å². The molecule has 4 aromatic rings. The van der Waals surface area contributed by atoms with Crippen molar-refractivity contribution >= 4 is 46.2 Å². The monoisotopic (exact) mass is 532 g/mol. The van der Waals surface area contributed by atoms with E-state index in [1.807, 2.05) is 4.90 Å². The first kappa shape index (κ1) is 24.1. The van der Waals surface area contributed by atoms with Gasteiger partial charge in [0, 0.05) is 38.7 Å². The molecule has 36 heavy (non-hydrogen) atoms. The number of piperidine rings is 1. The molecule has 1 saturated heterocycles. The molecule has 1 aliphatic heterocycles. The maximum atomic E-state index is 13.2. The van der Waals surface area contributed by atoms with E-state index in [1.165, 1.54) is 11.6 Å². The molecule has 0 saturated carbocycles. The molecular weight excluding hydrogens is 511 g/mol. The van der Waals surface area contributed by atoms with Gasteiger partial charge in [-0.15, -0.1) is 10.2 Å². The van der Waals surface area contributed by atoms with Gasteiger partial charge < -0.3 is 15.1 Å². The third-order valence-electron chi connectivity index (χ3n) is 6.43. The second-order valence-electron chi connectivity index (χ2n) is 8.67. The second-order valence-corrected chi connectivity index (χ2v) is 9.48. The molecular formula is C22H22Cl2N8O4. The summed E-state index contributed by atoms with van der Waals surface area (Å²) in [5.41, 5.74) is 5.54. The number of hydrogen-bond acceptors (Lipinski definition) is 8. The molecule has 0 radical (unpaired) electrons. The van der Waals surface area contributed by atoms with Crippen LogP contribution in [0.2, 0.25) is 10.0 Å². The molecule has 1 aliphatic rings. The largest absolute Gasteiger partial charge is 0.419 e. The minimum atomic E-state index is -0.497. The van der Waals surface area contributed by atoms with Crippen LogP contribution in [0.15, 0.2) is 32.2 Å². The fourth-order valence-electron chi connectivity index (χ4n) is 4.39. The number of benzene rings is 1. The summed E-state index contributed by atoms with van der Waals surface area (Å²) >= 11 is 12.1. The van der Waals surface area contributed by atoms with Gasteiger partial charge in [0.2, 0.25) is 23.6 Å². The Bertz CT molecular complexity index is 1610. The van der Waals surface area contributed by atoms with E-state index in [2.05, 4.69) is 15.2 Å². The Balaban J connectivity index is 1.59. The predicted molar refractivity (Wildman–Crippen MR) is 133 cm³/mol. The normalized spacial score (nSPS) is 14.6. The molecule has 1 amide bonds. The summed E-state index contributed by atoms with van der Waals surface area (Å²) in [6.07, 6.45) is 1.11. The summed E-state index contributed by atoms with van der Waals surface area (Å²) in [6.45, 7) is 1.04. The van der Waals surface area contributed by atoms with Crippen LogP contribution in [0.3, 0.4) is 0 Å². The molecule has 0 bridgehead atoms. The van der Waals surface area contributed by atoms with Crippen LogP contribution in [0.25, 0.3) is 22.6 Å². The average molecular weight is 533 g/mol. The summed E-state index contributed by atoms with van der Waals surface area (Å²) in [7, 11) is 2.97. The molecule has 5 rings (SSSR count). The van der Waals surface area contributed by atoms with Crippen molar-refractivity contribution in [3.05, 3.63) is 55.0 Å². The number of nitrogens with zero attached hydrogens (tertiary/aromatic N) is 7. The van der Waals surface area contributed by atoms with E-state index in [0.717, 1.165) is 4.57 Å². The summed E-state index contributed by atoms with van der Waals surface area (Å²) in [5, 5.41) is 8.99. The number of carbonyl (C=O) groups is 1. The molecule has 2 N–H and O–H groups in total. The van der Waals surface area contributed by atoms with Crippen LogP contribution < -0.4 is 21.9 Å². The van der Waals surface area contributed by atoms with E-state index in [0.29, 0.717) is 47.5 Å². The van der Waals surface area contributed by atoms with Crippen molar-refractivity contribution in [2.24, 2.45) is 25.7 Å². The minimum absolute atomic E-state index is 0.0311. The zero-order chi connectivity index (χ0) is 25.7. The third kappa shape index (κ3) is 4.05. The van der Waals surface area contributed by atoms with Crippen molar-refractivity contribution in [3.8, 4) is 11.5 Å². The lowest BCUT2D eigenvalue weighted by atomic mass is 9.96. The van der Waals surface area contributed by atoms with Crippen molar-refractivity contribution in [2.45, 2.75) is 19.4 Å². The molecule has 12 nitrogen and oxygen atoms in total. The van der Waals surface area contributed by atoms with E-state index in [4.69, 9.17) is 33.4 Å². The summed E-state index contributed by atoms with van der Waals surface area (Å²) < 4.78 is 9.88. The maximum Gasteiger partial charge on any atom is 0.332 e. The second kappa shape index (κ2) is 9.10. The highest BCUT2D eigenvalue weighted by molar-refractivity contribution is 6.42. The van der Waals surface area contributed by atoms with Gasteiger partial charge in [-0.05, 0) is 31.0 Å². The lowest BCUT2D eigenvalue weighted by Crippen LogP contribution is -2.40. The number of amides is 1. The average Bonchev–Trinajstić information content (AvgIpc) is 3.49. The molecule has 0 atom stereocenters. The molecule has 0 unspecified atom stereocenters. The van der Waals surface area contributed by atoms with Gasteiger partial charge in [0.15, 0.2) is 11.2 Å². The van der Waals surface area contributed by atoms with Crippen LogP contribution >= 0.6 is 23.2 Å². The van der Waals surface area contributed by atoms with E-state index in [-0.39, 0.29) is 41.3 Å². The number of imidazole rings is 1. The summed E-state index contributed by atoms with van der Waals surface area (Å²) in [4.78, 5) is 43.9. The van der Waals surface area contributed by atoms with Gasteiger partial charge in [-0.25, -0.2) is 4.79 Å². The van der Waals surface area contributed by atoms with Crippen LogP contribution in [0.1, 0.15) is 18.7 Å². The first-order valence-corrected chi connectivity index (χ1v) is 11.9. The smallest absolute Gasteiger partial charge is 0.332 e. The molecule has 4 heterocycles. The number of fused-ring (bicyclic) bond motifs is 1. The number of rotatable bonds is 5. The summed E-state index contributed by atoms with van der Waals surface area (Å²) in [5.74, 6) is 0.360. The fraction of sp³-hybridized carbons (Fsp3) is 0.364. The first-order chi connectivity index (χ1) is 17.2. The van der Waals surface area contributed by atoms with Crippen LogP contribution in [-0.2, 0) is 25.4 Å². The lowest BCUT2D eigenvalue weighted by molar-refractivity contribution is -0.122. The van der Waals surface area contributed by atoms with Crippen molar-refractivity contribution in [2.75, 3.05) is 18.0 Å². The fourth-order valence-corrected chi connectivity index (χ4v) is 4.69. The number of hydrogen-bond donors (Lipinski definition) is 1. The van der Waals surface area contributed by atoms with Crippen LogP contribution in [0.4, 0.5) is 5.95 Å². The molecule has 1 aromatic carbocycles. The standard InChI is InChI=1S/C22H22Cl2N8O4/c1-29-18-16(20(34)30(2)22(29)35)32(21(26-18)31-7-5-11(6-8-31)17(25)33)10-15-27-28-19(36-15)12-3-4-13(23)14(24)9-12/h3-4,9,11H,5-8,10H2,1-2H3,(H2,25,33). The van der Waals surface area contributed by atoms with Crippen molar-refractivity contribution in [1.82, 2.24) is 28.9 Å². The third-order valence-corrected chi connectivity index (χ3v) is 7.17. The number of anilines is 1. The van der Waals surface area contributed by atoms with Crippen LogP contribution in [-0.4, -0.2) is 47.9 Å². The van der Waals surface area contributed by atoms with Crippen LogP contribution in [0, 0.1) is 5.92 Å². The highest BCUT2D eigenvalue weighted by Crippen LogP contribution is 2.29. The van der Waals surface area contributed by atoms with Crippen molar-refractivity contribution < 1.29 is 9.21 Å². The van der Waals surface area contributed by atoms with Crippen molar-refractivity contribution in [3.63, 3.8) is 0 Å². The quantitative estimate of drug-likeness (QED) is 0.407. The van der Waals surface area contributed by atoms with Gasteiger partial charge in [0.25, 0.3) is 5.56 Å². The minimum Gasteiger partial charge on any atom is -0.419 e. The number of primary amides is 1. The number of aromatic nitrogens is 6. The lowest BCUT2D eigenvalue weighted by Gasteiger charge is -2.31. The predicted octanol–water partition coefficient (Wildman–Crippen LogP) is 1.54. The molecule has 1 fully saturated rings. The zero-order valence-corrected chi connectivity index (χ0v) is 21.0.